The summed E-state index contributed by atoms with van der Waals surface area (Å²) in [7, 11) is 0. The lowest BCUT2D eigenvalue weighted by Crippen LogP contribution is -2.09. The molecule has 4 nitrogen and oxygen atoms in total. The number of hydrogen-bond acceptors (Lipinski definition) is 3. The number of ether oxygens (including phenoxy) is 1. The Bertz CT molecular complexity index is 538. The molecular formula is C12H10F3NO3. The maximum atomic E-state index is 12.5. The molecule has 0 unspecified atom stereocenters. The molecule has 0 bridgehead atoms. The zero-order chi connectivity index (χ0) is 14.0. The standard InChI is InChI=1S/C12H10F3NO3/c13-12(14,15)9-4-3-8-7(6-10(17)18)2-1-5-19-11(8)16-9/h3-4,6H,1-2,5H2,(H,17,18). The number of carbonyl (C=O) groups is 1. The van der Waals surface area contributed by atoms with E-state index in [1.807, 2.05) is 0 Å². The first-order chi connectivity index (χ1) is 8.88. The van der Waals surface area contributed by atoms with Crippen LogP contribution in [0.2, 0.25) is 0 Å². The van der Waals surface area contributed by atoms with E-state index < -0.39 is 17.8 Å². The van der Waals surface area contributed by atoms with E-state index in [1.54, 1.807) is 0 Å². The molecule has 0 amide bonds. The highest BCUT2D eigenvalue weighted by atomic mass is 19.4. The zero-order valence-corrected chi connectivity index (χ0v) is 9.70. The van der Waals surface area contributed by atoms with Crippen LogP contribution >= 0.6 is 0 Å². The maximum Gasteiger partial charge on any atom is 0.433 e. The Morgan fingerprint density at radius 1 is 1.42 bits per heavy atom. The van der Waals surface area contributed by atoms with E-state index in [-0.39, 0.29) is 12.5 Å². The lowest BCUT2D eigenvalue weighted by Gasteiger charge is -2.11. The van der Waals surface area contributed by atoms with Crippen LogP contribution in [0.4, 0.5) is 13.2 Å². The van der Waals surface area contributed by atoms with Crippen LogP contribution in [0.25, 0.3) is 5.57 Å². The van der Waals surface area contributed by atoms with Crippen molar-refractivity contribution >= 4 is 11.5 Å². The average molecular weight is 273 g/mol. The highest BCUT2D eigenvalue weighted by molar-refractivity contribution is 5.90. The number of carboxylic acids is 1. The van der Waals surface area contributed by atoms with Gasteiger partial charge in [0.15, 0.2) is 0 Å². The van der Waals surface area contributed by atoms with E-state index in [1.165, 1.54) is 6.07 Å². The molecule has 1 aliphatic heterocycles. The fourth-order valence-electron chi connectivity index (χ4n) is 1.82. The predicted molar refractivity (Wildman–Crippen MR) is 59.6 cm³/mol. The molecule has 0 aromatic carbocycles. The largest absolute Gasteiger partial charge is 0.478 e. The summed E-state index contributed by atoms with van der Waals surface area (Å²) < 4.78 is 42.8. The number of aromatic nitrogens is 1. The van der Waals surface area contributed by atoms with Crippen molar-refractivity contribution in [3.63, 3.8) is 0 Å². The molecule has 1 aromatic rings. The zero-order valence-electron chi connectivity index (χ0n) is 9.70. The Labute approximate surface area is 106 Å². The molecule has 0 atom stereocenters. The SMILES string of the molecule is O=C(O)C=C1CCCOc2nc(C(F)(F)F)ccc21. The minimum absolute atomic E-state index is 0.167. The number of alkyl halides is 3. The molecule has 2 heterocycles. The van der Waals surface area contributed by atoms with Gasteiger partial charge in [0.1, 0.15) is 5.69 Å². The van der Waals surface area contributed by atoms with Crippen LogP contribution in [0.3, 0.4) is 0 Å². The fourth-order valence-corrected chi connectivity index (χ4v) is 1.82. The third kappa shape index (κ3) is 3.04. The van der Waals surface area contributed by atoms with Crippen LogP contribution in [0.15, 0.2) is 18.2 Å². The predicted octanol–water partition coefficient (Wildman–Crippen LogP) is 2.74. The number of nitrogens with zero attached hydrogens (tertiary/aromatic N) is 1. The smallest absolute Gasteiger partial charge is 0.433 e. The van der Waals surface area contributed by atoms with Crippen molar-refractivity contribution in [3.05, 3.63) is 29.5 Å². The lowest BCUT2D eigenvalue weighted by molar-refractivity contribution is -0.141. The number of rotatable bonds is 1. The monoisotopic (exact) mass is 273 g/mol. The Balaban J connectivity index is 2.49. The summed E-state index contributed by atoms with van der Waals surface area (Å²) in [5.74, 6) is -1.32. The Morgan fingerprint density at radius 3 is 2.79 bits per heavy atom. The van der Waals surface area contributed by atoms with Crippen molar-refractivity contribution in [2.45, 2.75) is 19.0 Å². The van der Waals surface area contributed by atoms with Crippen LogP contribution in [0.1, 0.15) is 24.1 Å². The molecule has 0 radical (unpaired) electrons. The molecule has 19 heavy (non-hydrogen) atoms. The van der Waals surface area contributed by atoms with Crippen LogP contribution in [0.5, 0.6) is 5.88 Å². The summed E-state index contributed by atoms with van der Waals surface area (Å²) in [6.07, 6.45) is -2.63. The molecule has 0 fully saturated rings. The van der Waals surface area contributed by atoms with Gasteiger partial charge in [0.25, 0.3) is 0 Å². The van der Waals surface area contributed by atoms with Gasteiger partial charge in [0, 0.05) is 11.6 Å². The van der Waals surface area contributed by atoms with Gasteiger partial charge in [-0.05, 0) is 30.5 Å². The molecule has 7 heteroatoms. The van der Waals surface area contributed by atoms with E-state index in [2.05, 4.69) is 4.98 Å². The van der Waals surface area contributed by atoms with Crippen molar-refractivity contribution < 1.29 is 27.8 Å². The number of halogens is 3. The molecule has 102 valence electrons. The molecule has 0 saturated heterocycles. The molecule has 2 rings (SSSR count). The Morgan fingerprint density at radius 2 is 2.16 bits per heavy atom. The van der Waals surface area contributed by atoms with Gasteiger partial charge in [-0.25, -0.2) is 9.78 Å². The van der Waals surface area contributed by atoms with Gasteiger partial charge in [0.05, 0.1) is 6.61 Å². The van der Waals surface area contributed by atoms with Gasteiger partial charge in [-0.3, -0.25) is 0 Å². The lowest BCUT2D eigenvalue weighted by atomic mass is 10.0. The second-order valence-corrected chi connectivity index (χ2v) is 4.01. The van der Waals surface area contributed by atoms with E-state index >= 15 is 0 Å². The summed E-state index contributed by atoms with van der Waals surface area (Å²) in [4.78, 5) is 14.1. The van der Waals surface area contributed by atoms with E-state index in [9.17, 15) is 18.0 Å². The summed E-state index contributed by atoms with van der Waals surface area (Å²) in [6, 6.07) is 2.02. The first kappa shape index (κ1) is 13.4. The summed E-state index contributed by atoms with van der Waals surface area (Å²) in [6.45, 7) is 0.207. The van der Waals surface area contributed by atoms with Gasteiger partial charge in [-0.15, -0.1) is 0 Å². The fraction of sp³-hybridized carbons (Fsp3) is 0.333. The van der Waals surface area contributed by atoms with Gasteiger partial charge < -0.3 is 9.84 Å². The van der Waals surface area contributed by atoms with E-state index in [4.69, 9.17) is 9.84 Å². The molecular weight excluding hydrogens is 263 g/mol. The minimum atomic E-state index is -4.55. The first-order valence-electron chi connectivity index (χ1n) is 5.53. The van der Waals surface area contributed by atoms with E-state index in [0.29, 0.717) is 24.0 Å². The third-order valence-corrected chi connectivity index (χ3v) is 2.62. The van der Waals surface area contributed by atoms with E-state index in [0.717, 1.165) is 12.1 Å². The number of aliphatic carboxylic acids is 1. The number of pyridine rings is 1. The van der Waals surface area contributed by atoms with Crippen molar-refractivity contribution in [1.29, 1.82) is 0 Å². The van der Waals surface area contributed by atoms with Crippen LogP contribution in [0, 0.1) is 0 Å². The molecule has 0 saturated carbocycles. The maximum absolute atomic E-state index is 12.5. The second kappa shape index (κ2) is 4.91. The molecule has 1 aliphatic rings. The number of carboxylic acid groups (broad SMARTS) is 1. The van der Waals surface area contributed by atoms with Crippen LogP contribution in [-0.4, -0.2) is 22.7 Å². The van der Waals surface area contributed by atoms with Crippen molar-refractivity contribution in [2.24, 2.45) is 0 Å². The molecule has 1 aromatic heterocycles. The Hall–Kier alpha value is -2.05. The Kier molecular flexibility index (Phi) is 3.46. The number of fused-ring (bicyclic) bond motifs is 1. The molecule has 1 N–H and O–H groups in total. The topological polar surface area (TPSA) is 59.4 Å². The quantitative estimate of drug-likeness (QED) is 0.799. The number of allylic oxidation sites excluding steroid dienone is 1. The minimum Gasteiger partial charge on any atom is -0.478 e. The van der Waals surface area contributed by atoms with Crippen LogP contribution in [-0.2, 0) is 11.0 Å². The van der Waals surface area contributed by atoms with Crippen molar-refractivity contribution in [2.75, 3.05) is 6.61 Å². The van der Waals surface area contributed by atoms with Crippen molar-refractivity contribution in [3.8, 4) is 5.88 Å². The second-order valence-electron chi connectivity index (χ2n) is 4.01. The third-order valence-electron chi connectivity index (χ3n) is 2.62. The molecule has 0 aliphatic carbocycles. The first-order valence-corrected chi connectivity index (χ1v) is 5.53. The summed E-state index contributed by atoms with van der Waals surface area (Å²) in [5, 5.41) is 8.75. The highest BCUT2D eigenvalue weighted by Crippen LogP contribution is 2.35. The average Bonchev–Trinajstić information content (AvgIpc) is 2.49. The van der Waals surface area contributed by atoms with Gasteiger partial charge in [-0.1, -0.05) is 0 Å². The van der Waals surface area contributed by atoms with Gasteiger partial charge in [0.2, 0.25) is 5.88 Å². The van der Waals surface area contributed by atoms with Crippen LogP contribution < -0.4 is 4.74 Å². The molecule has 0 spiro atoms. The number of hydrogen-bond donors (Lipinski definition) is 1. The normalized spacial score (nSPS) is 17.5. The summed E-state index contributed by atoms with van der Waals surface area (Å²) in [5.41, 5.74) is -0.336. The van der Waals surface area contributed by atoms with Gasteiger partial charge in [-0.2, -0.15) is 13.2 Å². The highest BCUT2D eigenvalue weighted by Gasteiger charge is 2.33. The van der Waals surface area contributed by atoms with Gasteiger partial charge >= 0.3 is 12.1 Å². The van der Waals surface area contributed by atoms with Crippen molar-refractivity contribution in [1.82, 2.24) is 4.98 Å². The summed E-state index contributed by atoms with van der Waals surface area (Å²) >= 11 is 0.